The molecule has 1 heterocycles. The van der Waals surface area contributed by atoms with Crippen LogP contribution in [0.15, 0.2) is 24.3 Å². The molecule has 1 saturated heterocycles. The minimum Gasteiger partial charge on any atom is -0.450 e. The van der Waals surface area contributed by atoms with E-state index in [-0.39, 0.29) is 25.2 Å². The van der Waals surface area contributed by atoms with Crippen LogP contribution in [-0.4, -0.2) is 73.8 Å². The lowest BCUT2D eigenvalue weighted by atomic mass is 10.1. The molecule has 0 saturated carbocycles. The van der Waals surface area contributed by atoms with E-state index in [2.05, 4.69) is 0 Å². The summed E-state index contributed by atoms with van der Waals surface area (Å²) in [5.41, 5.74) is 6.99. The van der Waals surface area contributed by atoms with Gasteiger partial charge in [0.25, 0.3) is 0 Å². The van der Waals surface area contributed by atoms with E-state index in [4.69, 9.17) is 19.5 Å². The smallest absolute Gasteiger partial charge is 0.409 e. The largest absolute Gasteiger partial charge is 0.450 e. The molecule has 2 N–H and O–H groups in total. The highest BCUT2D eigenvalue weighted by molar-refractivity contribution is 7.62. The molecule has 1 aromatic rings. The molecule has 1 unspecified atom stereocenters. The van der Waals surface area contributed by atoms with Crippen molar-refractivity contribution in [1.29, 1.82) is 0 Å². The van der Waals surface area contributed by atoms with Gasteiger partial charge in [-0.25, -0.2) is 4.79 Å². The molecule has 10 heteroatoms. The third-order valence-corrected chi connectivity index (χ3v) is 6.87. The van der Waals surface area contributed by atoms with Gasteiger partial charge in [-0.15, -0.1) is 0 Å². The van der Waals surface area contributed by atoms with Crippen LogP contribution in [-0.2, 0) is 29.6 Å². The normalized spacial score (nSPS) is 15.7. The fourth-order valence-electron chi connectivity index (χ4n) is 3.24. The summed E-state index contributed by atoms with van der Waals surface area (Å²) >= 11 is 0. The number of amides is 2. The molecule has 30 heavy (non-hydrogen) atoms. The molecule has 0 aromatic heterocycles. The lowest BCUT2D eigenvalue weighted by Crippen LogP contribution is -2.54. The van der Waals surface area contributed by atoms with Gasteiger partial charge in [-0.3, -0.25) is 9.36 Å². The average Bonchev–Trinajstić information content (AvgIpc) is 2.74. The summed E-state index contributed by atoms with van der Waals surface area (Å²) in [5, 5.41) is 0.477. The molecular formula is C20H32N3O6P. The Morgan fingerprint density at radius 1 is 0.967 bits per heavy atom. The maximum absolute atomic E-state index is 12.8. The van der Waals surface area contributed by atoms with Crippen LogP contribution in [0.2, 0.25) is 0 Å². The molecular weight excluding hydrogens is 409 g/mol. The molecule has 9 nitrogen and oxygen atoms in total. The highest BCUT2D eigenvalue weighted by Crippen LogP contribution is 2.46. The van der Waals surface area contributed by atoms with Crippen LogP contribution in [0.5, 0.6) is 0 Å². The summed E-state index contributed by atoms with van der Waals surface area (Å²) in [5.74, 6) is -0.156. The van der Waals surface area contributed by atoms with Crippen molar-refractivity contribution in [2.75, 3.05) is 46.0 Å². The maximum atomic E-state index is 12.8. The van der Waals surface area contributed by atoms with Crippen molar-refractivity contribution in [3.63, 3.8) is 0 Å². The average molecular weight is 441 g/mol. The van der Waals surface area contributed by atoms with Gasteiger partial charge in [0.15, 0.2) is 0 Å². The predicted octanol–water partition coefficient (Wildman–Crippen LogP) is 1.75. The Balaban J connectivity index is 1.93. The zero-order valence-corrected chi connectivity index (χ0v) is 18.8. The van der Waals surface area contributed by atoms with Crippen LogP contribution in [0.1, 0.15) is 26.3 Å². The molecule has 0 bridgehead atoms. The van der Waals surface area contributed by atoms with Crippen LogP contribution in [0.3, 0.4) is 0 Å². The molecule has 168 valence electrons. The van der Waals surface area contributed by atoms with E-state index in [1.807, 2.05) is 0 Å². The minimum absolute atomic E-state index is 0.156. The number of carbonyl (C=O) groups excluding carboxylic acids is 2. The number of ether oxygens (including phenoxy) is 1. The molecule has 1 aliphatic heterocycles. The van der Waals surface area contributed by atoms with E-state index in [0.717, 1.165) is 5.56 Å². The molecule has 1 aliphatic rings. The number of rotatable bonds is 9. The number of nitrogens with zero attached hydrogens (tertiary/aromatic N) is 2. The first kappa shape index (κ1) is 24.3. The topological polar surface area (TPSA) is 111 Å². The van der Waals surface area contributed by atoms with Gasteiger partial charge < -0.3 is 29.3 Å². The van der Waals surface area contributed by atoms with Crippen LogP contribution in [0.4, 0.5) is 4.79 Å². The zero-order valence-electron chi connectivity index (χ0n) is 17.9. The minimum atomic E-state index is -3.33. The number of benzene rings is 1. The van der Waals surface area contributed by atoms with Crippen LogP contribution in [0, 0.1) is 0 Å². The van der Waals surface area contributed by atoms with E-state index in [0.29, 0.717) is 44.5 Å². The van der Waals surface area contributed by atoms with E-state index >= 15 is 0 Å². The Bertz CT molecular complexity index is 739. The Morgan fingerprint density at radius 3 is 2.00 bits per heavy atom. The summed E-state index contributed by atoms with van der Waals surface area (Å²) in [7, 11) is -3.33. The standard InChI is InChI=1S/C20H32N3O6P/c1-4-27-20(25)23-13-11-22(12-14-23)19(24)18(21)15-16-7-9-17(10-8-16)30(26,28-5-2)29-6-3/h7-10,18H,4-6,11-15,21H2,1-3H3. The molecule has 1 atom stereocenters. The van der Waals surface area contributed by atoms with Gasteiger partial charge in [0, 0.05) is 26.2 Å². The van der Waals surface area contributed by atoms with Crippen LogP contribution < -0.4 is 11.0 Å². The van der Waals surface area contributed by atoms with Crippen molar-refractivity contribution < 1.29 is 27.9 Å². The zero-order chi connectivity index (χ0) is 22.1. The molecule has 1 aromatic carbocycles. The molecule has 2 rings (SSSR count). The first-order chi connectivity index (χ1) is 14.3. The van der Waals surface area contributed by atoms with Crippen molar-refractivity contribution in [3.8, 4) is 0 Å². The van der Waals surface area contributed by atoms with E-state index in [1.165, 1.54) is 0 Å². The Hall–Kier alpha value is -1.93. The second-order valence-corrected chi connectivity index (χ2v) is 8.85. The second-order valence-electron chi connectivity index (χ2n) is 6.82. The summed E-state index contributed by atoms with van der Waals surface area (Å²) in [4.78, 5) is 27.7. The van der Waals surface area contributed by atoms with Crippen LogP contribution >= 0.6 is 7.60 Å². The van der Waals surface area contributed by atoms with E-state index < -0.39 is 13.6 Å². The fourth-order valence-corrected chi connectivity index (χ4v) is 4.81. The van der Waals surface area contributed by atoms with Gasteiger partial charge >= 0.3 is 13.7 Å². The predicted molar refractivity (Wildman–Crippen MR) is 114 cm³/mol. The summed E-state index contributed by atoms with van der Waals surface area (Å²) in [6.45, 7) is 7.87. The van der Waals surface area contributed by atoms with Crippen molar-refractivity contribution in [3.05, 3.63) is 29.8 Å². The third-order valence-electron chi connectivity index (χ3n) is 4.74. The summed E-state index contributed by atoms with van der Waals surface area (Å²) in [6.07, 6.45) is -0.00417. The molecule has 2 amide bonds. The number of carbonyl (C=O) groups is 2. The third kappa shape index (κ3) is 6.28. The number of nitrogens with two attached hydrogens (primary N) is 1. The van der Waals surface area contributed by atoms with Gasteiger partial charge in [-0.1, -0.05) is 12.1 Å². The lowest BCUT2D eigenvalue weighted by Gasteiger charge is -2.35. The first-order valence-electron chi connectivity index (χ1n) is 10.3. The Morgan fingerprint density at radius 2 is 1.50 bits per heavy atom. The van der Waals surface area contributed by atoms with Gasteiger partial charge in [0.2, 0.25) is 5.91 Å². The number of hydrogen-bond donors (Lipinski definition) is 1. The summed E-state index contributed by atoms with van der Waals surface area (Å²) < 4.78 is 28.5. The van der Waals surface area contributed by atoms with E-state index in [9.17, 15) is 14.2 Å². The van der Waals surface area contributed by atoms with Gasteiger partial charge in [-0.2, -0.15) is 0 Å². The van der Waals surface area contributed by atoms with Crippen molar-refractivity contribution in [1.82, 2.24) is 9.80 Å². The number of hydrogen-bond acceptors (Lipinski definition) is 7. The molecule has 0 spiro atoms. The summed E-state index contributed by atoms with van der Waals surface area (Å²) in [6, 6.07) is 6.25. The maximum Gasteiger partial charge on any atom is 0.409 e. The Labute approximate surface area is 178 Å². The van der Waals surface area contributed by atoms with Gasteiger partial charge in [-0.05, 0) is 44.9 Å². The highest BCUT2D eigenvalue weighted by atomic mass is 31.2. The lowest BCUT2D eigenvalue weighted by molar-refractivity contribution is -0.134. The second kappa shape index (κ2) is 11.5. The monoisotopic (exact) mass is 441 g/mol. The quantitative estimate of drug-likeness (QED) is 0.581. The SMILES string of the molecule is CCOC(=O)N1CCN(C(=O)C(N)Cc2ccc(P(=O)(OCC)OCC)cc2)CC1. The van der Waals surface area contributed by atoms with Gasteiger partial charge in [0.1, 0.15) is 0 Å². The number of piperazine rings is 1. The van der Waals surface area contributed by atoms with Crippen molar-refractivity contribution in [2.45, 2.75) is 33.2 Å². The van der Waals surface area contributed by atoms with Crippen molar-refractivity contribution in [2.24, 2.45) is 5.73 Å². The highest BCUT2D eigenvalue weighted by Gasteiger charge is 2.29. The Kier molecular flexibility index (Phi) is 9.30. The molecule has 0 aliphatic carbocycles. The first-order valence-corrected chi connectivity index (χ1v) is 11.8. The fraction of sp³-hybridized carbons (Fsp3) is 0.600. The van der Waals surface area contributed by atoms with Gasteiger partial charge in [0.05, 0.1) is 31.2 Å². The van der Waals surface area contributed by atoms with E-state index in [1.54, 1.807) is 54.8 Å². The van der Waals surface area contributed by atoms with Crippen LogP contribution in [0.25, 0.3) is 0 Å². The molecule has 0 radical (unpaired) electrons. The molecule has 1 fully saturated rings. The van der Waals surface area contributed by atoms with Crippen molar-refractivity contribution >= 4 is 24.9 Å².